The van der Waals surface area contributed by atoms with Crippen molar-refractivity contribution in [1.29, 1.82) is 0 Å². The molecular formula is C22H28F2N2O3. The number of carbonyl (C=O) groups is 1. The molecule has 7 heteroatoms. The van der Waals surface area contributed by atoms with Gasteiger partial charge in [-0.25, -0.2) is 18.4 Å². The SMILES string of the molecule is CC(C)(C)OC(=O)N1CCC2(CCCN(Cc3cccc(F)c3F)C2=C=O)CC1. The minimum Gasteiger partial charge on any atom is -0.444 e. The molecule has 0 bridgehead atoms. The average Bonchev–Trinajstić information content (AvgIpc) is 2.65. The van der Waals surface area contributed by atoms with E-state index in [0.717, 1.165) is 18.9 Å². The first-order chi connectivity index (χ1) is 13.6. The Morgan fingerprint density at radius 1 is 1.17 bits per heavy atom. The van der Waals surface area contributed by atoms with Crippen LogP contribution in [0.25, 0.3) is 0 Å². The van der Waals surface area contributed by atoms with Gasteiger partial charge in [-0.15, -0.1) is 0 Å². The van der Waals surface area contributed by atoms with E-state index in [1.54, 1.807) is 4.90 Å². The molecule has 1 amide bonds. The van der Waals surface area contributed by atoms with E-state index >= 15 is 0 Å². The second-order valence-electron chi connectivity index (χ2n) is 8.94. The van der Waals surface area contributed by atoms with Crippen LogP contribution in [0.2, 0.25) is 0 Å². The lowest BCUT2D eigenvalue weighted by Crippen LogP contribution is -2.50. The fourth-order valence-corrected chi connectivity index (χ4v) is 4.31. The molecule has 5 nitrogen and oxygen atoms in total. The number of halogens is 2. The lowest BCUT2D eigenvalue weighted by molar-refractivity contribution is 0.00623. The molecule has 0 atom stereocenters. The normalized spacial score (nSPS) is 19.3. The molecule has 2 heterocycles. The smallest absolute Gasteiger partial charge is 0.410 e. The van der Waals surface area contributed by atoms with Crippen molar-refractivity contribution in [3.05, 3.63) is 41.1 Å². The Morgan fingerprint density at radius 3 is 2.48 bits per heavy atom. The zero-order valence-corrected chi connectivity index (χ0v) is 17.3. The predicted octanol–water partition coefficient (Wildman–Crippen LogP) is 4.29. The summed E-state index contributed by atoms with van der Waals surface area (Å²) in [5.41, 5.74) is -0.212. The molecular weight excluding hydrogens is 378 g/mol. The number of piperidine rings is 2. The van der Waals surface area contributed by atoms with Crippen molar-refractivity contribution in [3.63, 3.8) is 0 Å². The van der Waals surface area contributed by atoms with E-state index in [2.05, 4.69) is 5.94 Å². The number of hydrogen-bond donors (Lipinski definition) is 0. The molecule has 0 aromatic heterocycles. The third-order valence-corrected chi connectivity index (χ3v) is 5.76. The maximum absolute atomic E-state index is 14.1. The minimum absolute atomic E-state index is 0.131. The molecule has 2 aliphatic heterocycles. The van der Waals surface area contributed by atoms with Crippen molar-refractivity contribution < 1.29 is 23.1 Å². The molecule has 1 aromatic carbocycles. The highest BCUT2D eigenvalue weighted by molar-refractivity contribution is 5.68. The highest BCUT2D eigenvalue weighted by Gasteiger charge is 2.44. The molecule has 0 saturated carbocycles. The number of carbonyl (C=O) groups excluding carboxylic acids is 2. The first-order valence-electron chi connectivity index (χ1n) is 10.1. The Hall–Kier alpha value is -2.40. The van der Waals surface area contributed by atoms with Crippen LogP contribution in [0.4, 0.5) is 13.6 Å². The summed E-state index contributed by atoms with van der Waals surface area (Å²) in [5, 5.41) is 0. The summed E-state index contributed by atoms with van der Waals surface area (Å²) in [5.74, 6) is 0.323. The summed E-state index contributed by atoms with van der Waals surface area (Å²) >= 11 is 0. The Kier molecular flexibility index (Phi) is 5.99. The number of benzene rings is 1. The van der Waals surface area contributed by atoms with Crippen molar-refractivity contribution >= 4 is 12.0 Å². The molecule has 2 aliphatic rings. The van der Waals surface area contributed by atoms with Crippen molar-refractivity contribution in [2.75, 3.05) is 19.6 Å². The van der Waals surface area contributed by atoms with E-state index in [1.807, 2.05) is 25.7 Å². The monoisotopic (exact) mass is 406 g/mol. The fourth-order valence-electron chi connectivity index (χ4n) is 4.31. The van der Waals surface area contributed by atoms with Gasteiger partial charge in [0.1, 0.15) is 17.2 Å². The van der Waals surface area contributed by atoms with E-state index in [-0.39, 0.29) is 23.6 Å². The summed E-state index contributed by atoms with van der Waals surface area (Å²) in [6.45, 7) is 7.19. The van der Waals surface area contributed by atoms with Crippen molar-refractivity contribution in [2.45, 2.75) is 58.6 Å². The molecule has 3 rings (SSSR count). The molecule has 1 spiro atoms. The third kappa shape index (κ3) is 4.61. The van der Waals surface area contributed by atoms with Crippen LogP contribution in [0.1, 0.15) is 52.0 Å². The summed E-state index contributed by atoms with van der Waals surface area (Å²) in [4.78, 5) is 27.7. The van der Waals surface area contributed by atoms with Crippen molar-refractivity contribution in [1.82, 2.24) is 9.80 Å². The van der Waals surface area contributed by atoms with Crippen LogP contribution in [-0.4, -0.2) is 47.1 Å². The number of nitrogens with zero attached hydrogens (tertiary/aromatic N) is 2. The highest BCUT2D eigenvalue weighted by atomic mass is 19.2. The Labute approximate surface area is 170 Å². The number of allylic oxidation sites excluding steroid dienone is 1. The molecule has 0 aliphatic carbocycles. The zero-order valence-electron chi connectivity index (χ0n) is 17.3. The van der Waals surface area contributed by atoms with Gasteiger partial charge < -0.3 is 14.5 Å². The Morgan fingerprint density at radius 2 is 1.86 bits per heavy atom. The fraction of sp³-hybridized carbons (Fsp3) is 0.591. The molecule has 2 fully saturated rings. The topological polar surface area (TPSA) is 49.9 Å². The molecule has 0 radical (unpaired) electrons. The number of rotatable bonds is 2. The van der Waals surface area contributed by atoms with E-state index in [1.165, 1.54) is 12.1 Å². The number of likely N-dealkylation sites (tertiary alicyclic amines) is 2. The molecule has 2 saturated heterocycles. The van der Waals surface area contributed by atoms with E-state index in [4.69, 9.17) is 4.74 Å². The second kappa shape index (κ2) is 8.15. The van der Waals surface area contributed by atoms with Gasteiger partial charge in [0, 0.05) is 37.2 Å². The molecule has 29 heavy (non-hydrogen) atoms. The molecule has 158 valence electrons. The van der Waals surface area contributed by atoms with Crippen molar-refractivity contribution in [2.24, 2.45) is 5.41 Å². The van der Waals surface area contributed by atoms with Gasteiger partial charge in [0.2, 0.25) is 0 Å². The largest absolute Gasteiger partial charge is 0.444 e. The van der Waals surface area contributed by atoms with E-state index in [0.29, 0.717) is 38.2 Å². The lowest BCUT2D eigenvalue weighted by atomic mass is 9.70. The minimum atomic E-state index is -0.892. The van der Waals surface area contributed by atoms with Crippen LogP contribution in [0.3, 0.4) is 0 Å². The number of hydrogen-bond acceptors (Lipinski definition) is 4. The van der Waals surface area contributed by atoms with Gasteiger partial charge in [0.05, 0.1) is 0 Å². The number of ether oxygens (including phenoxy) is 1. The van der Waals surface area contributed by atoms with Gasteiger partial charge in [-0.1, -0.05) is 12.1 Å². The van der Waals surface area contributed by atoms with E-state index in [9.17, 15) is 18.4 Å². The predicted molar refractivity (Wildman–Crippen MR) is 105 cm³/mol. The maximum Gasteiger partial charge on any atom is 0.410 e. The number of amides is 1. The first kappa shape index (κ1) is 21.3. The van der Waals surface area contributed by atoms with Crippen LogP contribution < -0.4 is 0 Å². The van der Waals surface area contributed by atoms with Gasteiger partial charge >= 0.3 is 6.09 Å². The Bertz CT molecular complexity index is 820. The van der Waals surface area contributed by atoms with Gasteiger partial charge in [-0.2, -0.15) is 0 Å². The van der Waals surface area contributed by atoms with Gasteiger partial charge in [-0.05, 0) is 52.5 Å². The standard InChI is InChI=1S/C22H28F2N2O3/c1-21(2,3)29-20(28)25-12-9-22(10-13-25)8-5-11-26(18(22)15-27)14-16-6-4-7-17(23)19(16)24/h4,6-7H,5,8-14H2,1-3H3. The van der Waals surface area contributed by atoms with Gasteiger partial charge in [-0.3, -0.25) is 0 Å². The van der Waals surface area contributed by atoms with Crippen LogP contribution in [0.15, 0.2) is 23.9 Å². The maximum atomic E-state index is 14.1. The van der Waals surface area contributed by atoms with Gasteiger partial charge in [0.15, 0.2) is 11.6 Å². The Balaban J connectivity index is 1.73. The molecule has 1 aromatic rings. The quantitative estimate of drug-likeness (QED) is 0.688. The lowest BCUT2D eigenvalue weighted by Gasteiger charge is -2.48. The van der Waals surface area contributed by atoms with E-state index < -0.39 is 17.2 Å². The highest BCUT2D eigenvalue weighted by Crippen LogP contribution is 2.46. The van der Waals surface area contributed by atoms with Crippen LogP contribution >= 0.6 is 0 Å². The second-order valence-corrected chi connectivity index (χ2v) is 8.94. The first-order valence-corrected chi connectivity index (χ1v) is 10.1. The summed E-state index contributed by atoms with van der Waals surface area (Å²) in [6, 6.07) is 4.09. The summed E-state index contributed by atoms with van der Waals surface area (Å²) in [7, 11) is 0. The zero-order chi connectivity index (χ0) is 21.2. The average molecular weight is 406 g/mol. The van der Waals surface area contributed by atoms with Crippen LogP contribution in [-0.2, 0) is 16.1 Å². The molecule has 0 unspecified atom stereocenters. The molecule has 0 N–H and O–H groups in total. The summed E-state index contributed by atoms with van der Waals surface area (Å²) < 4.78 is 33.1. The third-order valence-electron chi connectivity index (χ3n) is 5.76. The van der Waals surface area contributed by atoms with Crippen LogP contribution in [0, 0.1) is 17.0 Å². The van der Waals surface area contributed by atoms with Crippen LogP contribution in [0.5, 0.6) is 0 Å². The van der Waals surface area contributed by atoms with Crippen molar-refractivity contribution in [3.8, 4) is 0 Å². The summed E-state index contributed by atoms with van der Waals surface area (Å²) in [6.07, 6.45) is 2.56. The van der Waals surface area contributed by atoms with Gasteiger partial charge in [0.25, 0.3) is 0 Å².